The van der Waals surface area contributed by atoms with E-state index < -0.39 is 0 Å². The highest BCUT2D eigenvalue weighted by atomic mass is 32.2. The molecular formula is C14H21N5OS. The van der Waals surface area contributed by atoms with Gasteiger partial charge in [-0.25, -0.2) is 9.97 Å². The van der Waals surface area contributed by atoms with Crippen LogP contribution in [0.2, 0.25) is 0 Å². The summed E-state index contributed by atoms with van der Waals surface area (Å²) in [4.78, 5) is 9.26. The molecule has 3 rings (SSSR count). The van der Waals surface area contributed by atoms with E-state index in [9.17, 15) is 0 Å². The summed E-state index contributed by atoms with van der Waals surface area (Å²) in [5.74, 6) is 3.55. The predicted molar refractivity (Wildman–Crippen MR) is 85.6 cm³/mol. The third-order valence-electron chi connectivity index (χ3n) is 3.54. The summed E-state index contributed by atoms with van der Waals surface area (Å²) in [6.07, 6.45) is 4.59. The molecule has 3 heterocycles. The van der Waals surface area contributed by atoms with Crippen LogP contribution in [-0.4, -0.2) is 44.8 Å². The van der Waals surface area contributed by atoms with Crippen molar-refractivity contribution in [2.24, 2.45) is 7.05 Å². The molecule has 0 saturated carbocycles. The normalized spacial score (nSPS) is 18.5. The van der Waals surface area contributed by atoms with Crippen LogP contribution in [0.1, 0.15) is 25.6 Å². The van der Waals surface area contributed by atoms with Gasteiger partial charge in [-0.3, -0.25) is 4.68 Å². The van der Waals surface area contributed by atoms with E-state index in [-0.39, 0.29) is 0 Å². The number of nitrogens with one attached hydrogen (secondary N) is 1. The molecule has 1 saturated heterocycles. The average molecular weight is 307 g/mol. The van der Waals surface area contributed by atoms with Crippen molar-refractivity contribution >= 4 is 28.6 Å². The number of hydrogen-bond acceptors (Lipinski definition) is 6. The van der Waals surface area contributed by atoms with Crippen LogP contribution >= 0.6 is 11.8 Å². The van der Waals surface area contributed by atoms with E-state index in [2.05, 4.69) is 27.3 Å². The maximum Gasteiger partial charge on any atom is 0.163 e. The fourth-order valence-electron chi connectivity index (χ4n) is 2.49. The Morgan fingerprint density at radius 3 is 3.14 bits per heavy atom. The van der Waals surface area contributed by atoms with Crippen molar-refractivity contribution < 1.29 is 4.74 Å². The van der Waals surface area contributed by atoms with Gasteiger partial charge in [0, 0.05) is 26.0 Å². The van der Waals surface area contributed by atoms with Gasteiger partial charge in [-0.2, -0.15) is 16.9 Å². The Balaban J connectivity index is 1.73. The molecule has 7 heteroatoms. The van der Waals surface area contributed by atoms with Gasteiger partial charge in [0.2, 0.25) is 0 Å². The summed E-state index contributed by atoms with van der Waals surface area (Å²) in [5.41, 5.74) is 0.883. The lowest BCUT2D eigenvalue weighted by molar-refractivity contribution is 0.129. The lowest BCUT2D eigenvalue weighted by Crippen LogP contribution is -2.09. The molecule has 6 nitrogen and oxygen atoms in total. The quantitative estimate of drug-likeness (QED) is 0.882. The molecular weight excluding hydrogens is 286 g/mol. The number of hydrogen-bond donors (Lipinski definition) is 1. The lowest BCUT2D eigenvalue weighted by Gasteiger charge is -2.09. The molecule has 2 aromatic rings. The summed E-state index contributed by atoms with van der Waals surface area (Å²) >= 11 is 1.84. The van der Waals surface area contributed by atoms with Crippen molar-refractivity contribution in [3.63, 3.8) is 0 Å². The first-order chi connectivity index (χ1) is 10.3. The summed E-state index contributed by atoms with van der Waals surface area (Å²) in [5, 5.41) is 8.55. The standard InChI is InChI=1S/C14H21N5OS/c1-3-15-13-11-7-16-19(2)14(11)18-12(17-13)9-21-8-10-5-4-6-20-10/h7,10H,3-6,8-9H2,1-2H3,(H,15,17,18). The summed E-state index contributed by atoms with van der Waals surface area (Å²) in [6, 6.07) is 0. The van der Waals surface area contributed by atoms with Gasteiger partial charge in [0.05, 0.1) is 23.4 Å². The van der Waals surface area contributed by atoms with Crippen molar-refractivity contribution in [1.82, 2.24) is 19.7 Å². The first-order valence-electron chi connectivity index (χ1n) is 7.39. The molecule has 0 spiro atoms. The van der Waals surface area contributed by atoms with Crippen LogP contribution in [-0.2, 0) is 17.5 Å². The number of rotatable bonds is 6. The third-order valence-corrected chi connectivity index (χ3v) is 4.61. The van der Waals surface area contributed by atoms with Crippen molar-refractivity contribution in [2.45, 2.75) is 31.6 Å². The number of aromatic nitrogens is 4. The minimum Gasteiger partial charge on any atom is -0.377 e. The Hall–Kier alpha value is -1.34. The summed E-state index contributed by atoms with van der Waals surface area (Å²) < 4.78 is 7.44. The molecule has 1 aliphatic heterocycles. The predicted octanol–water partition coefficient (Wildman–Crippen LogP) is 2.21. The topological polar surface area (TPSA) is 64.9 Å². The van der Waals surface area contributed by atoms with E-state index >= 15 is 0 Å². The monoisotopic (exact) mass is 307 g/mol. The van der Waals surface area contributed by atoms with E-state index in [4.69, 9.17) is 4.74 Å². The van der Waals surface area contributed by atoms with E-state index in [1.165, 1.54) is 12.8 Å². The molecule has 21 heavy (non-hydrogen) atoms. The zero-order chi connectivity index (χ0) is 14.7. The van der Waals surface area contributed by atoms with Crippen LogP contribution in [0.25, 0.3) is 11.0 Å². The SMILES string of the molecule is CCNc1nc(CSCC2CCCO2)nc2c1cnn2C. The highest BCUT2D eigenvalue weighted by Gasteiger charge is 2.16. The van der Waals surface area contributed by atoms with Crippen molar-refractivity contribution in [2.75, 3.05) is 24.2 Å². The van der Waals surface area contributed by atoms with E-state index in [1.807, 2.05) is 25.0 Å². The molecule has 0 aromatic carbocycles. The Morgan fingerprint density at radius 1 is 1.48 bits per heavy atom. The van der Waals surface area contributed by atoms with Crippen molar-refractivity contribution in [3.8, 4) is 0 Å². The van der Waals surface area contributed by atoms with Crippen LogP contribution in [0, 0.1) is 0 Å². The van der Waals surface area contributed by atoms with E-state index in [0.29, 0.717) is 6.10 Å². The second kappa shape index (κ2) is 6.62. The molecule has 1 unspecified atom stereocenters. The number of anilines is 1. The Bertz CT molecular complexity index is 609. The van der Waals surface area contributed by atoms with Crippen LogP contribution in [0.3, 0.4) is 0 Å². The van der Waals surface area contributed by atoms with Gasteiger partial charge in [0.15, 0.2) is 5.65 Å². The summed E-state index contributed by atoms with van der Waals surface area (Å²) in [7, 11) is 1.91. The van der Waals surface area contributed by atoms with Crippen LogP contribution < -0.4 is 5.32 Å². The number of aryl methyl sites for hydroxylation is 1. The molecule has 1 N–H and O–H groups in total. The van der Waals surface area contributed by atoms with Gasteiger partial charge in [0.1, 0.15) is 11.6 Å². The van der Waals surface area contributed by atoms with Crippen LogP contribution in [0.15, 0.2) is 6.20 Å². The molecule has 1 aliphatic rings. The largest absolute Gasteiger partial charge is 0.377 e. The Labute approximate surface area is 128 Å². The number of fused-ring (bicyclic) bond motifs is 1. The second-order valence-electron chi connectivity index (χ2n) is 5.17. The lowest BCUT2D eigenvalue weighted by atomic mass is 10.3. The third kappa shape index (κ3) is 3.29. The molecule has 0 radical (unpaired) electrons. The highest BCUT2D eigenvalue weighted by Crippen LogP contribution is 2.23. The number of thioether (sulfide) groups is 1. The minimum atomic E-state index is 0.406. The van der Waals surface area contributed by atoms with Crippen LogP contribution in [0.5, 0.6) is 0 Å². The number of ether oxygens (including phenoxy) is 1. The average Bonchev–Trinajstić information content (AvgIpc) is 3.10. The van der Waals surface area contributed by atoms with Gasteiger partial charge in [-0.15, -0.1) is 0 Å². The first-order valence-corrected chi connectivity index (χ1v) is 8.55. The molecule has 0 bridgehead atoms. The molecule has 2 aromatic heterocycles. The fourth-order valence-corrected chi connectivity index (χ4v) is 3.45. The molecule has 114 valence electrons. The van der Waals surface area contributed by atoms with Gasteiger partial charge < -0.3 is 10.1 Å². The Kier molecular flexibility index (Phi) is 4.60. The molecule has 1 fully saturated rings. The molecule has 0 amide bonds. The van der Waals surface area contributed by atoms with Gasteiger partial charge >= 0.3 is 0 Å². The molecule has 1 atom stereocenters. The minimum absolute atomic E-state index is 0.406. The van der Waals surface area contributed by atoms with Gasteiger partial charge in [-0.05, 0) is 19.8 Å². The Morgan fingerprint density at radius 2 is 2.38 bits per heavy atom. The highest BCUT2D eigenvalue weighted by molar-refractivity contribution is 7.98. The van der Waals surface area contributed by atoms with Crippen LogP contribution in [0.4, 0.5) is 5.82 Å². The first kappa shape index (κ1) is 14.6. The zero-order valence-corrected chi connectivity index (χ0v) is 13.3. The van der Waals surface area contributed by atoms with E-state index in [0.717, 1.165) is 47.3 Å². The van der Waals surface area contributed by atoms with Crippen molar-refractivity contribution in [1.29, 1.82) is 0 Å². The van der Waals surface area contributed by atoms with Crippen molar-refractivity contribution in [3.05, 3.63) is 12.0 Å². The summed E-state index contributed by atoms with van der Waals surface area (Å²) in [6.45, 7) is 3.81. The van der Waals surface area contributed by atoms with Gasteiger partial charge in [0.25, 0.3) is 0 Å². The maximum absolute atomic E-state index is 5.64. The van der Waals surface area contributed by atoms with Gasteiger partial charge in [-0.1, -0.05) is 0 Å². The number of nitrogens with zero attached hydrogens (tertiary/aromatic N) is 4. The smallest absolute Gasteiger partial charge is 0.163 e. The van der Waals surface area contributed by atoms with E-state index in [1.54, 1.807) is 4.68 Å². The fraction of sp³-hybridized carbons (Fsp3) is 0.643. The molecule has 0 aliphatic carbocycles. The zero-order valence-electron chi connectivity index (χ0n) is 12.5. The maximum atomic E-state index is 5.64. The second-order valence-corrected chi connectivity index (χ2v) is 6.20.